The maximum Gasteiger partial charge on any atom is 0.129 e. The third-order valence-corrected chi connectivity index (χ3v) is 1.96. The lowest BCUT2D eigenvalue weighted by Crippen LogP contribution is -2.15. The van der Waals surface area contributed by atoms with Gasteiger partial charge in [0.15, 0.2) is 0 Å². The predicted octanol–water partition coefficient (Wildman–Crippen LogP) is 3.16. The Bertz CT molecular complexity index is 209. The molecular weight excluding hydrogens is 162 g/mol. The molecule has 76 valence electrons. The molecule has 0 saturated heterocycles. The van der Waals surface area contributed by atoms with Crippen LogP contribution in [0.1, 0.15) is 41.0 Å². The van der Waals surface area contributed by atoms with E-state index >= 15 is 0 Å². The Balaban J connectivity index is 4.76. The van der Waals surface area contributed by atoms with Crippen molar-refractivity contribution in [3.63, 3.8) is 0 Å². The lowest BCUT2D eigenvalue weighted by molar-refractivity contribution is 0.155. The molecule has 0 fully saturated rings. The molecule has 0 saturated carbocycles. The summed E-state index contributed by atoms with van der Waals surface area (Å²) in [5.74, 6) is 6.04. The summed E-state index contributed by atoms with van der Waals surface area (Å²) in [7, 11) is 0. The van der Waals surface area contributed by atoms with Crippen molar-refractivity contribution in [3.8, 4) is 0 Å². The molecule has 0 rings (SSSR count). The predicted molar refractivity (Wildman–Crippen MR) is 56.9 cm³/mol. The zero-order valence-corrected chi connectivity index (χ0v) is 9.35. The van der Waals surface area contributed by atoms with Crippen LogP contribution in [0.5, 0.6) is 0 Å². The monoisotopic (exact) mass is 183 g/mol. The van der Waals surface area contributed by atoms with Crippen LogP contribution in [0.2, 0.25) is 0 Å². The largest absolute Gasteiger partial charge is 0.415 e. The molecule has 0 radical (unpaired) electrons. The molecule has 0 spiro atoms. The van der Waals surface area contributed by atoms with E-state index in [4.69, 9.17) is 10.7 Å². The van der Waals surface area contributed by atoms with Crippen LogP contribution >= 0.6 is 0 Å². The van der Waals surface area contributed by atoms with E-state index in [2.05, 4.69) is 33.8 Å². The number of allylic oxidation sites excluding steroid dienone is 4. The second-order valence-corrected chi connectivity index (χ2v) is 4.09. The number of rotatable bonds is 3. The normalized spacial score (nSPS) is 14.6. The summed E-state index contributed by atoms with van der Waals surface area (Å²) in [6, 6.07) is 0. The number of hydrogen-bond donors (Lipinski definition) is 1. The summed E-state index contributed by atoms with van der Waals surface area (Å²) in [6.07, 6.45) is 5.09. The van der Waals surface area contributed by atoms with Crippen LogP contribution in [0.25, 0.3) is 0 Å². The van der Waals surface area contributed by atoms with Crippen LogP contribution in [0.15, 0.2) is 23.5 Å². The first-order valence-corrected chi connectivity index (χ1v) is 4.69. The summed E-state index contributed by atoms with van der Waals surface area (Å²) in [5, 5.41) is 0. The topological polar surface area (TPSA) is 35.2 Å². The first-order valence-electron chi connectivity index (χ1n) is 4.69. The van der Waals surface area contributed by atoms with E-state index < -0.39 is 0 Å². The summed E-state index contributed by atoms with van der Waals surface area (Å²) in [6.45, 7) is 10.4. The van der Waals surface area contributed by atoms with Gasteiger partial charge in [-0.3, -0.25) is 0 Å². The minimum atomic E-state index is -0.0296. The molecule has 2 N–H and O–H groups in total. The highest BCUT2D eigenvalue weighted by atomic mass is 16.6. The third-order valence-electron chi connectivity index (χ3n) is 1.96. The van der Waals surface area contributed by atoms with Gasteiger partial charge in [-0.05, 0) is 25.0 Å². The van der Waals surface area contributed by atoms with Crippen molar-refractivity contribution in [2.45, 2.75) is 41.0 Å². The van der Waals surface area contributed by atoms with Gasteiger partial charge in [0.2, 0.25) is 0 Å². The maximum atomic E-state index is 5.22. The first kappa shape index (κ1) is 12.2. The van der Waals surface area contributed by atoms with Gasteiger partial charge < -0.3 is 4.84 Å². The molecular formula is C11H21NO. The highest BCUT2D eigenvalue weighted by molar-refractivity contribution is 5.22. The molecule has 2 heteroatoms. The van der Waals surface area contributed by atoms with Gasteiger partial charge in [-0.25, -0.2) is 0 Å². The molecule has 0 atom stereocenters. The number of hydrogen-bond acceptors (Lipinski definition) is 2. The van der Waals surface area contributed by atoms with E-state index in [1.807, 2.05) is 13.0 Å². The van der Waals surface area contributed by atoms with E-state index in [-0.39, 0.29) is 5.41 Å². The first-order chi connectivity index (χ1) is 5.95. The van der Waals surface area contributed by atoms with Crippen LogP contribution in [-0.2, 0) is 4.84 Å². The zero-order chi connectivity index (χ0) is 10.5. The van der Waals surface area contributed by atoms with E-state index in [9.17, 15) is 0 Å². The zero-order valence-electron chi connectivity index (χ0n) is 9.35. The molecule has 0 aromatic rings. The molecule has 0 heterocycles. The highest BCUT2D eigenvalue weighted by Crippen LogP contribution is 2.26. The van der Waals surface area contributed by atoms with Gasteiger partial charge in [0, 0.05) is 5.41 Å². The molecule has 13 heavy (non-hydrogen) atoms. The molecule has 0 aromatic carbocycles. The summed E-state index contributed by atoms with van der Waals surface area (Å²) in [5.41, 5.74) is 1.22. The maximum absolute atomic E-state index is 5.22. The third kappa shape index (κ3) is 4.13. The SMILES string of the molecule is C/C=C(\C=C(/ON)C(C)(C)C)CC. The van der Waals surface area contributed by atoms with Gasteiger partial charge in [0.1, 0.15) is 5.76 Å². The second kappa shape index (κ2) is 5.07. The van der Waals surface area contributed by atoms with Gasteiger partial charge in [0.25, 0.3) is 0 Å². The molecule has 0 unspecified atom stereocenters. The summed E-state index contributed by atoms with van der Waals surface area (Å²) < 4.78 is 0. The molecule has 0 aromatic heterocycles. The average Bonchev–Trinajstić information content (AvgIpc) is 2.04. The molecule has 0 bridgehead atoms. The minimum Gasteiger partial charge on any atom is -0.415 e. The van der Waals surface area contributed by atoms with Crippen molar-refractivity contribution in [1.82, 2.24) is 0 Å². The molecule has 2 nitrogen and oxygen atoms in total. The fourth-order valence-electron chi connectivity index (χ4n) is 0.985. The van der Waals surface area contributed by atoms with Gasteiger partial charge in [-0.15, -0.1) is 0 Å². The van der Waals surface area contributed by atoms with Gasteiger partial charge in [-0.2, -0.15) is 5.90 Å². The summed E-state index contributed by atoms with van der Waals surface area (Å²) in [4.78, 5) is 4.87. The van der Waals surface area contributed by atoms with Crippen molar-refractivity contribution in [3.05, 3.63) is 23.5 Å². The van der Waals surface area contributed by atoms with E-state index in [1.165, 1.54) is 5.57 Å². The minimum absolute atomic E-state index is 0.0296. The van der Waals surface area contributed by atoms with Crippen molar-refractivity contribution >= 4 is 0 Å². The standard InChI is InChI=1S/C11H21NO/c1-6-9(7-2)8-10(13-12)11(3,4)5/h6,8H,7,12H2,1-5H3/b9-6-,10-8-. The molecule has 0 aliphatic heterocycles. The van der Waals surface area contributed by atoms with Crippen LogP contribution in [0.3, 0.4) is 0 Å². The molecule has 0 aliphatic rings. The second-order valence-electron chi connectivity index (χ2n) is 4.09. The van der Waals surface area contributed by atoms with Crippen LogP contribution in [0.4, 0.5) is 0 Å². The van der Waals surface area contributed by atoms with Crippen molar-refractivity contribution in [2.75, 3.05) is 0 Å². The Morgan fingerprint density at radius 2 is 1.92 bits per heavy atom. The van der Waals surface area contributed by atoms with E-state index in [0.717, 1.165) is 12.2 Å². The van der Waals surface area contributed by atoms with E-state index in [0.29, 0.717) is 0 Å². The van der Waals surface area contributed by atoms with Crippen molar-refractivity contribution in [1.29, 1.82) is 0 Å². The van der Waals surface area contributed by atoms with Gasteiger partial charge >= 0.3 is 0 Å². The Morgan fingerprint density at radius 3 is 2.15 bits per heavy atom. The molecule has 0 amide bonds. The smallest absolute Gasteiger partial charge is 0.129 e. The summed E-state index contributed by atoms with van der Waals surface area (Å²) >= 11 is 0. The van der Waals surface area contributed by atoms with Crippen molar-refractivity contribution < 1.29 is 4.84 Å². The van der Waals surface area contributed by atoms with Gasteiger partial charge in [0.05, 0.1) is 0 Å². The van der Waals surface area contributed by atoms with E-state index in [1.54, 1.807) is 0 Å². The lowest BCUT2D eigenvalue weighted by Gasteiger charge is -2.20. The van der Waals surface area contributed by atoms with Gasteiger partial charge in [-0.1, -0.05) is 33.8 Å². The Kier molecular flexibility index (Phi) is 4.78. The lowest BCUT2D eigenvalue weighted by atomic mass is 9.92. The molecule has 0 aliphatic carbocycles. The Hall–Kier alpha value is -0.760. The fraction of sp³-hybridized carbons (Fsp3) is 0.636. The quantitative estimate of drug-likeness (QED) is 0.414. The van der Waals surface area contributed by atoms with Crippen LogP contribution < -0.4 is 5.90 Å². The highest BCUT2D eigenvalue weighted by Gasteiger charge is 2.18. The van der Waals surface area contributed by atoms with Crippen LogP contribution in [-0.4, -0.2) is 0 Å². The Labute approximate surface area is 81.4 Å². The number of nitrogens with two attached hydrogens (primary N) is 1. The average molecular weight is 183 g/mol. The van der Waals surface area contributed by atoms with Crippen LogP contribution in [0, 0.1) is 5.41 Å². The Morgan fingerprint density at radius 1 is 1.38 bits per heavy atom. The fourth-order valence-corrected chi connectivity index (χ4v) is 0.985. The van der Waals surface area contributed by atoms with Crippen molar-refractivity contribution in [2.24, 2.45) is 11.3 Å².